The van der Waals surface area contributed by atoms with E-state index in [9.17, 15) is 15.5 Å². The molecule has 132 valence electrons. The van der Waals surface area contributed by atoms with Crippen LogP contribution in [0.1, 0.15) is 49.7 Å². The quantitative estimate of drug-likeness (QED) is 0.615. The first kappa shape index (κ1) is 17.4. The summed E-state index contributed by atoms with van der Waals surface area (Å²) in [5.41, 5.74) is 1.55. The Bertz CT molecular complexity index is 770. The average Bonchev–Trinajstić information content (AvgIpc) is 2.85. The standard InChI is InChI=1S/C21H24INO2/c1-20-6-4-17-16-3-2-15(24)11-13(16)10-14(12-23)19(17)18(20)5-7-21(20,25)8-9-22/h2-3,8-9,11,14,17-19,24-25H,4-7,10H2,1H3/b9-8+/t14-,17+,18-,19+,20-,21+/m0/s1/i22-2. The summed E-state index contributed by atoms with van der Waals surface area (Å²) in [5.74, 6) is 1.30. The highest BCUT2D eigenvalue weighted by Crippen LogP contribution is 2.65. The summed E-state index contributed by atoms with van der Waals surface area (Å²) in [6.45, 7) is 2.23. The third-order valence-electron chi connectivity index (χ3n) is 7.48. The van der Waals surface area contributed by atoms with Gasteiger partial charge in [0.25, 0.3) is 0 Å². The number of hydrogen-bond donors (Lipinski definition) is 2. The Morgan fingerprint density at radius 2 is 2.12 bits per heavy atom. The second-order valence-electron chi connectivity index (χ2n) is 8.32. The largest absolute Gasteiger partial charge is 0.508 e. The van der Waals surface area contributed by atoms with Gasteiger partial charge in [-0.15, -0.1) is 0 Å². The Hall–Kier alpha value is -1.06. The van der Waals surface area contributed by atoms with Crippen LogP contribution in [-0.4, -0.2) is 15.8 Å². The van der Waals surface area contributed by atoms with E-state index in [-0.39, 0.29) is 17.1 Å². The summed E-state index contributed by atoms with van der Waals surface area (Å²) in [6, 6.07) is 8.25. The van der Waals surface area contributed by atoms with Crippen LogP contribution in [0.5, 0.6) is 5.75 Å². The van der Waals surface area contributed by atoms with Gasteiger partial charge in [-0.05, 0) is 83.3 Å². The molecule has 3 aliphatic carbocycles. The van der Waals surface area contributed by atoms with E-state index in [0.717, 1.165) is 31.2 Å². The maximum Gasteiger partial charge on any atom is 0.115 e. The van der Waals surface area contributed by atoms with E-state index < -0.39 is 5.60 Å². The fourth-order valence-electron chi connectivity index (χ4n) is 6.18. The van der Waals surface area contributed by atoms with Crippen molar-refractivity contribution in [1.29, 1.82) is 5.26 Å². The molecule has 0 aliphatic heterocycles. The minimum absolute atomic E-state index is 0.0325. The fourth-order valence-corrected chi connectivity index (χ4v) is 6.78. The van der Waals surface area contributed by atoms with Crippen molar-refractivity contribution in [2.24, 2.45) is 23.2 Å². The molecule has 0 heterocycles. The zero-order chi connectivity index (χ0) is 17.8. The van der Waals surface area contributed by atoms with E-state index in [4.69, 9.17) is 0 Å². The molecule has 2 saturated carbocycles. The first-order valence-electron chi connectivity index (χ1n) is 9.15. The molecular formula is C21H24INO2. The maximum absolute atomic E-state index is 11.3. The van der Waals surface area contributed by atoms with Crippen LogP contribution >= 0.6 is 22.6 Å². The normalized spacial score (nSPS) is 42.5. The van der Waals surface area contributed by atoms with Gasteiger partial charge in [-0.3, -0.25) is 0 Å². The summed E-state index contributed by atoms with van der Waals surface area (Å²) in [5, 5.41) is 31.0. The van der Waals surface area contributed by atoms with Crippen molar-refractivity contribution >= 4 is 22.6 Å². The third kappa shape index (κ3) is 2.39. The van der Waals surface area contributed by atoms with E-state index in [0.29, 0.717) is 24.2 Å². The molecule has 4 heteroatoms. The fraction of sp³-hybridized carbons (Fsp3) is 0.571. The lowest BCUT2D eigenvalue weighted by atomic mass is 9.51. The van der Waals surface area contributed by atoms with E-state index in [2.05, 4.69) is 41.7 Å². The number of aromatic hydroxyl groups is 1. The van der Waals surface area contributed by atoms with Gasteiger partial charge in [-0.1, -0.05) is 35.6 Å². The molecule has 0 bridgehead atoms. The van der Waals surface area contributed by atoms with Gasteiger partial charge in [0.1, 0.15) is 5.75 Å². The lowest BCUT2D eigenvalue weighted by Crippen LogP contribution is -2.51. The molecule has 0 aromatic heterocycles. The molecule has 2 fully saturated rings. The molecule has 25 heavy (non-hydrogen) atoms. The highest BCUT2D eigenvalue weighted by Gasteiger charge is 2.62. The highest BCUT2D eigenvalue weighted by molar-refractivity contribution is 14.1. The number of rotatable bonds is 1. The number of phenolic OH excluding ortho intramolecular Hbond substituents is 1. The molecular weight excluding hydrogens is 423 g/mol. The Morgan fingerprint density at radius 3 is 2.84 bits per heavy atom. The zero-order valence-electron chi connectivity index (χ0n) is 14.5. The Balaban J connectivity index is 1.78. The molecule has 0 unspecified atom stereocenters. The van der Waals surface area contributed by atoms with E-state index in [1.54, 1.807) is 6.07 Å². The predicted molar refractivity (Wildman–Crippen MR) is 105 cm³/mol. The zero-order valence-corrected chi connectivity index (χ0v) is 16.6. The van der Waals surface area contributed by atoms with Gasteiger partial charge in [0.2, 0.25) is 0 Å². The second kappa shape index (κ2) is 5.99. The summed E-state index contributed by atoms with van der Waals surface area (Å²) in [7, 11) is 0. The monoisotopic (exact) mass is 447 g/mol. The summed E-state index contributed by atoms with van der Waals surface area (Å²) in [4.78, 5) is 0. The molecule has 0 spiro atoms. The van der Waals surface area contributed by atoms with Gasteiger partial charge in [-0.25, -0.2) is 0 Å². The number of aliphatic hydroxyl groups is 1. The molecule has 4 rings (SSSR count). The van der Waals surface area contributed by atoms with E-state index >= 15 is 0 Å². The Kier molecular flexibility index (Phi) is 4.16. The van der Waals surface area contributed by atoms with Crippen LogP contribution < -0.4 is 0 Å². The average molecular weight is 447 g/mol. The third-order valence-corrected chi connectivity index (χ3v) is 7.84. The molecule has 0 amide bonds. The SMILES string of the molecule is C[C@]12CC[C@@H]3c4ccc(O)cc4C[C@@H](C#N)[C@H]3[C@@H]1CC[C@@]2(O)/C=C/[125I]. The van der Waals surface area contributed by atoms with E-state index in [1.165, 1.54) is 5.56 Å². The van der Waals surface area contributed by atoms with Gasteiger partial charge < -0.3 is 10.2 Å². The number of hydrogen-bond acceptors (Lipinski definition) is 3. The molecule has 0 radical (unpaired) electrons. The van der Waals surface area contributed by atoms with Crippen LogP contribution in [0.15, 0.2) is 28.4 Å². The van der Waals surface area contributed by atoms with Gasteiger partial charge >= 0.3 is 0 Å². The van der Waals surface area contributed by atoms with Gasteiger partial charge in [0.15, 0.2) is 0 Å². The molecule has 3 nitrogen and oxygen atoms in total. The van der Waals surface area contributed by atoms with Crippen molar-refractivity contribution in [2.75, 3.05) is 0 Å². The van der Waals surface area contributed by atoms with Crippen molar-refractivity contribution in [1.82, 2.24) is 0 Å². The first-order chi connectivity index (χ1) is 11.9. The molecule has 6 atom stereocenters. The van der Waals surface area contributed by atoms with E-state index in [1.807, 2.05) is 16.2 Å². The summed E-state index contributed by atoms with van der Waals surface area (Å²) >= 11 is 2.19. The van der Waals surface area contributed by atoms with Gasteiger partial charge in [0, 0.05) is 5.41 Å². The number of nitrogens with zero attached hydrogens (tertiary/aromatic N) is 1. The van der Waals surface area contributed by atoms with Gasteiger partial charge in [-0.2, -0.15) is 5.26 Å². The lowest BCUT2D eigenvalue weighted by Gasteiger charge is -2.53. The maximum atomic E-state index is 11.3. The number of halogens is 1. The van der Waals surface area contributed by atoms with Crippen molar-refractivity contribution < 1.29 is 10.2 Å². The van der Waals surface area contributed by atoms with Crippen molar-refractivity contribution in [3.8, 4) is 11.8 Å². The molecule has 1 aromatic rings. The topological polar surface area (TPSA) is 64.2 Å². The molecule has 2 N–H and O–H groups in total. The summed E-state index contributed by atoms with van der Waals surface area (Å²) in [6.07, 6.45) is 6.45. The minimum Gasteiger partial charge on any atom is -0.508 e. The van der Waals surface area contributed by atoms with Crippen molar-refractivity contribution in [2.45, 2.75) is 50.5 Å². The Labute approximate surface area is 162 Å². The molecule has 1 aromatic carbocycles. The predicted octanol–water partition coefficient (Wildman–Crippen LogP) is 4.68. The second-order valence-corrected chi connectivity index (χ2v) is 9.04. The molecule has 3 aliphatic rings. The minimum atomic E-state index is -0.751. The first-order valence-corrected chi connectivity index (χ1v) is 10.4. The summed E-state index contributed by atoms with van der Waals surface area (Å²) < 4.78 is 1.94. The Morgan fingerprint density at radius 1 is 1.32 bits per heavy atom. The smallest absolute Gasteiger partial charge is 0.115 e. The van der Waals surface area contributed by atoms with Gasteiger partial charge in [0.05, 0.1) is 17.6 Å². The molecule has 0 saturated heterocycles. The number of benzene rings is 1. The van der Waals surface area contributed by atoms with Crippen LogP contribution in [0.4, 0.5) is 0 Å². The van der Waals surface area contributed by atoms with Crippen LogP contribution in [0.3, 0.4) is 0 Å². The number of phenols is 1. The number of nitriles is 1. The van der Waals surface area contributed by atoms with Crippen molar-refractivity contribution in [3.05, 3.63) is 39.5 Å². The lowest BCUT2D eigenvalue weighted by molar-refractivity contribution is -0.0761. The van der Waals surface area contributed by atoms with Crippen LogP contribution in [0, 0.1) is 34.5 Å². The van der Waals surface area contributed by atoms with Crippen LogP contribution in [0.2, 0.25) is 0 Å². The highest BCUT2D eigenvalue weighted by atomic mass is 125. The number of fused-ring (bicyclic) bond motifs is 5. The van der Waals surface area contributed by atoms with Crippen LogP contribution in [-0.2, 0) is 6.42 Å². The van der Waals surface area contributed by atoms with Crippen LogP contribution in [0.25, 0.3) is 0 Å². The van der Waals surface area contributed by atoms with Crippen molar-refractivity contribution in [3.63, 3.8) is 0 Å².